The Morgan fingerprint density at radius 3 is 2.53 bits per heavy atom. The number of hydrogen-bond acceptors (Lipinski definition) is 3. The zero-order valence-electron chi connectivity index (χ0n) is 9.75. The van der Waals surface area contributed by atoms with E-state index >= 15 is 0 Å². The van der Waals surface area contributed by atoms with Gasteiger partial charge in [-0.2, -0.15) is 0 Å². The molecule has 4 heteroatoms. The summed E-state index contributed by atoms with van der Waals surface area (Å²) in [5.74, 6) is 0. The van der Waals surface area contributed by atoms with E-state index in [-0.39, 0.29) is 0 Å². The largest absolute Gasteiger partial charge is 0.308 e. The van der Waals surface area contributed by atoms with E-state index < -0.39 is 0 Å². The van der Waals surface area contributed by atoms with Crippen LogP contribution >= 0.6 is 22.9 Å². The molecule has 0 aromatic carbocycles. The highest BCUT2D eigenvalue weighted by Gasteiger charge is 2.11. The van der Waals surface area contributed by atoms with Crippen molar-refractivity contribution in [2.24, 2.45) is 0 Å². The standard InChI is InChI=1S/C11H19ClN2S/c1-8(7-14(3)4)13-9(2)10-5-6-11(12)15-10/h5-6,8-9,13H,7H2,1-4H3. The smallest absolute Gasteiger partial charge is 0.0931 e. The van der Waals surface area contributed by atoms with E-state index in [1.54, 1.807) is 11.3 Å². The SMILES string of the molecule is CC(CN(C)C)NC(C)c1ccc(Cl)s1. The minimum atomic E-state index is 0.373. The molecule has 0 spiro atoms. The van der Waals surface area contributed by atoms with Crippen molar-refractivity contribution in [1.82, 2.24) is 10.2 Å². The van der Waals surface area contributed by atoms with Gasteiger partial charge >= 0.3 is 0 Å². The van der Waals surface area contributed by atoms with Crippen LogP contribution in [0.1, 0.15) is 24.8 Å². The van der Waals surface area contributed by atoms with Crippen LogP contribution in [0.3, 0.4) is 0 Å². The maximum absolute atomic E-state index is 5.91. The van der Waals surface area contributed by atoms with E-state index in [0.29, 0.717) is 12.1 Å². The molecule has 0 fully saturated rings. The summed E-state index contributed by atoms with van der Waals surface area (Å²) in [5.41, 5.74) is 0. The molecule has 15 heavy (non-hydrogen) atoms. The predicted molar refractivity (Wildman–Crippen MR) is 68.9 cm³/mol. The summed E-state index contributed by atoms with van der Waals surface area (Å²) in [7, 11) is 4.18. The molecule has 0 radical (unpaired) electrons. The summed E-state index contributed by atoms with van der Waals surface area (Å²) >= 11 is 7.55. The molecule has 1 N–H and O–H groups in total. The first-order valence-electron chi connectivity index (χ1n) is 5.15. The molecular formula is C11H19ClN2S. The van der Waals surface area contributed by atoms with Crippen LogP contribution in [0.2, 0.25) is 4.34 Å². The first kappa shape index (κ1) is 13.0. The third kappa shape index (κ3) is 4.51. The third-order valence-corrected chi connectivity index (χ3v) is 3.61. The predicted octanol–water partition coefficient (Wildman–Crippen LogP) is 3.00. The normalized spacial score (nSPS) is 15.6. The van der Waals surface area contributed by atoms with Crippen LogP contribution < -0.4 is 5.32 Å². The molecule has 1 heterocycles. The Hall–Kier alpha value is -0.0900. The summed E-state index contributed by atoms with van der Waals surface area (Å²) in [6.45, 7) is 5.42. The van der Waals surface area contributed by atoms with Gasteiger partial charge in [0.15, 0.2) is 0 Å². The Morgan fingerprint density at radius 1 is 1.40 bits per heavy atom. The lowest BCUT2D eigenvalue weighted by Gasteiger charge is -2.22. The minimum absolute atomic E-state index is 0.373. The molecule has 1 rings (SSSR count). The van der Waals surface area contributed by atoms with Gasteiger partial charge in [-0.25, -0.2) is 0 Å². The van der Waals surface area contributed by atoms with E-state index in [4.69, 9.17) is 11.6 Å². The molecule has 0 bridgehead atoms. The average Bonchev–Trinajstić information content (AvgIpc) is 2.49. The minimum Gasteiger partial charge on any atom is -0.308 e. The molecule has 0 aliphatic rings. The van der Waals surface area contributed by atoms with Gasteiger partial charge in [0.2, 0.25) is 0 Å². The van der Waals surface area contributed by atoms with Gasteiger partial charge in [-0.05, 0) is 40.1 Å². The van der Waals surface area contributed by atoms with Crippen molar-refractivity contribution < 1.29 is 0 Å². The van der Waals surface area contributed by atoms with E-state index in [1.165, 1.54) is 4.88 Å². The van der Waals surface area contributed by atoms with Crippen LogP contribution in [-0.2, 0) is 0 Å². The second-order valence-electron chi connectivity index (χ2n) is 4.19. The first-order chi connectivity index (χ1) is 6.99. The molecule has 2 unspecified atom stereocenters. The highest BCUT2D eigenvalue weighted by Crippen LogP contribution is 2.26. The molecule has 0 aliphatic carbocycles. The third-order valence-electron chi connectivity index (χ3n) is 2.19. The van der Waals surface area contributed by atoms with Gasteiger partial charge < -0.3 is 10.2 Å². The molecule has 0 saturated carbocycles. The van der Waals surface area contributed by atoms with Crippen LogP contribution in [0.5, 0.6) is 0 Å². The maximum Gasteiger partial charge on any atom is 0.0931 e. The first-order valence-corrected chi connectivity index (χ1v) is 6.34. The summed E-state index contributed by atoms with van der Waals surface area (Å²) in [6.07, 6.45) is 0. The van der Waals surface area contributed by atoms with Gasteiger partial charge in [-0.1, -0.05) is 11.6 Å². The molecule has 1 aromatic rings. The molecule has 2 atom stereocenters. The Bertz CT molecular complexity index is 299. The molecular weight excluding hydrogens is 228 g/mol. The summed E-state index contributed by atoms with van der Waals surface area (Å²) in [5, 5.41) is 3.55. The Kier molecular flexibility index (Phi) is 5.06. The van der Waals surface area contributed by atoms with E-state index in [2.05, 4.69) is 44.2 Å². The van der Waals surface area contributed by atoms with Gasteiger partial charge in [-0.3, -0.25) is 0 Å². The second kappa shape index (κ2) is 5.85. The number of thiophene rings is 1. The van der Waals surface area contributed by atoms with Gasteiger partial charge in [-0.15, -0.1) is 11.3 Å². The number of hydrogen-bond donors (Lipinski definition) is 1. The lowest BCUT2D eigenvalue weighted by Crippen LogP contribution is -2.36. The number of nitrogens with one attached hydrogen (secondary N) is 1. The van der Waals surface area contributed by atoms with Crippen molar-refractivity contribution in [3.05, 3.63) is 21.3 Å². The van der Waals surface area contributed by atoms with Crippen LogP contribution in [-0.4, -0.2) is 31.6 Å². The zero-order valence-corrected chi connectivity index (χ0v) is 11.3. The lowest BCUT2D eigenvalue weighted by molar-refractivity contribution is 0.335. The molecule has 0 amide bonds. The zero-order chi connectivity index (χ0) is 11.4. The fraction of sp³-hybridized carbons (Fsp3) is 0.636. The Morgan fingerprint density at radius 2 is 2.07 bits per heavy atom. The Balaban J connectivity index is 2.45. The summed E-state index contributed by atoms with van der Waals surface area (Å²) in [4.78, 5) is 3.48. The van der Waals surface area contributed by atoms with E-state index in [0.717, 1.165) is 10.9 Å². The van der Waals surface area contributed by atoms with Crippen molar-refractivity contribution in [3.63, 3.8) is 0 Å². The maximum atomic E-state index is 5.91. The number of likely N-dealkylation sites (N-methyl/N-ethyl adjacent to an activating group) is 1. The van der Waals surface area contributed by atoms with Crippen molar-refractivity contribution in [3.8, 4) is 0 Å². The monoisotopic (exact) mass is 246 g/mol. The van der Waals surface area contributed by atoms with Crippen molar-refractivity contribution in [2.45, 2.75) is 25.9 Å². The van der Waals surface area contributed by atoms with Crippen LogP contribution in [0, 0.1) is 0 Å². The highest BCUT2D eigenvalue weighted by molar-refractivity contribution is 7.16. The molecule has 0 aliphatic heterocycles. The fourth-order valence-corrected chi connectivity index (χ4v) is 2.74. The van der Waals surface area contributed by atoms with Gasteiger partial charge in [0.05, 0.1) is 4.34 Å². The Labute approximate surface area is 101 Å². The van der Waals surface area contributed by atoms with Crippen molar-refractivity contribution >= 4 is 22.9 Å². The summed E-state index contributed by atoms with van der Waals surface area (Å²) in [6, 6.07) is 4.90. The molecule has 0 saturated heterocycles. The second-order valence-corrected chi connectivity index (χ2v) is 5.94. The number of halogens is 1. The van der Waals surface area contributed by atoms with Crippen LogP contribution in [0.4, 0.5) is 0 Å². The van der Waals surface area contributed by atoms with Crippen molar-refractivity contribution in [2.75, 3.05) is 20.6 Å². The molecule has 86 valence electrons. The average molecular weight is 247 g/mol. The topological polar surface area (TPSA) is 15.3 Å². The number of nitrogens with zero attached hydrogens (tertiary/aromatic N) is 1. The van der Waals surface area contributed by atoms with Gasteiger partial charge in [0.1, 0.15) is 0 Å². The van der Waals surface area contributed by atoms with E-state index in [9.17, 15) is 0 Å². The van der Waals surface area contributed by atoms with Gasteiger partial charge in [0.25, 0.3) is 0 Å². The lowest BCUT2D eigenvalue weighted by atomic mass is 10.2. The van der Waals surface area contributed by atoms with Crippen LogP contribution in [0.25, 0.3) is 0 Å². The molecule has 2 nitrogen and oxygen atoms in total. The molecule has 1 aromatic heterocycles. The quantitative estimate of drug-likeness (QED) is 0.859. The van der Waals surface area contributed by atoms with Gasteiger partial charge in [0, 0.05) is 23.5 Å². The number of rotatable bonds is 5. The van der Waals surface area contributed by atoms with E-state index in [1.807, 2.05) is 6.07 Å². The highest BCUT2D eigenvalue weighted by atomic mass is 35.5. The van der Waals surface area contributed by atoms with Crippen LogP contribution in [0.15, 0.2) is 12.1 Å². The summed E-state index contributed by atoms with van der Waals surface area (Å²) < 4.78 is 0.860. The van der Waals surface area contributed by atoms with Crippen molar-refractivity contribution in [1.29, 1.82) is 0 Å². The fourth-order valence-electron chi connectivity index (χ4n) is 1.67.